The normalized spacial score (nSPS) is 24.6. The molecule has 1 aromatic carbocycles. The molecule has 1 aliphatic heterocycles. The number of nitrogens with zero attached hydrogens (tertiary/aromatic N) is 1. The van der Waals surface area contributed by atoms with Gasteiger partial charge in [-0.3, -0.25) is 4.90 Å². The summed E-state index contributed by atoms with van der Waals surface area (Å²) < 4.78 is 13.3. The van der Waals surface area contributed by atoms with Crippen LogP contribution in [0.25, 0.3) is 0 Å². The van der Waals surface area contributed by atoms with Crippen LogP contribution in [0.3, 0.4) is 0 Å². The van der Waals surface area contributed by atoms with E-state index in [4.69, 9.17) is 0 Å². The summed E-state index contributed by atoms with van der Waals surface area (Å²) in [4.78, 5) is 2.35. The van der Waals surface area contributed by atoms with Gasteiger partial charge in [-0.1, -0.05) is 13.8 Å². The van der Waals surface area contributed by atoms with E-state index in [-0.39, 0.29) is 11.6 Å². The van der Waals surface area contributed by atoms with Crippen molar-refractivity contribution in [2.24, 2.45) is 0 Å². The highest BCUT2D eigenvalue weighted by Gasteiger charge is 2.26. The summed E-state index contributed by atoms with van der Waals surface area (Å²) in [5, 5.41) is 13.4. The highest BCUT2D eigenvalue weighted by Crippen LogP contribution is 2.23. The fourth-order valence-corrected chi connectivity index (χ4v) is 2.70. The Morgan fingerprint density at radius 3 is 2.84 bits per heavy atom. The molecule has 1 fully saturated rings. The van der Waals surface area contributed by atoms with Crippen LogP contribution in [-0.2, 0) is 6.54 Å². The molecule has 19 heavy (non-hydrogen) atoms. The van der Waals surface area contributed by atoms with Crippen LogP contribution in [-0.4, -0.2) is 35.2 Å². The second-order valence-electron chi connectivity index (χ2n) is 5.28. The lowest BCUT2D eigenvalue weighted by molar-refractivity contribution is 0.116. The molecule has 106 valence electrons. The number of halogens is 1. The van der Waals surface area contributed by atoms with Gasteiger partial charge in [0.05, 0.1) is 0 Å². The van der Waals surface area contributed by atoms with Gasteiger partial charge in [-0.05, 0) is 31.0 Å². The summed E-state index contributed by atoms with van der Waals surface area (Å²) in [7, 11) is 0. The van der Waals surface area contributed by atoms with Gasteiger partial charge >= 0.3 is 0 Å². The molecule has 1 aromatic rings. The van der Waals surface area contributed by atoms with Gasteiger partial charge in [0, 0.05) is 37.3 Å². The minimum absolute atomic E-state index is 0.183. The Hall–Kier alpha value is -1.13. The van der Waals surface area contributed by atoms with Gasteiger partial charge in [0.1, 0.15) is 11.6 Å². The molecule has 0 bridgehead atoms. The van der Waals surface area contributed by atoms with Gasteiger partial charge < -0.3 is 10.4 Å². The Morgan fingerprint density at radius 2 is 2.16 bits per heavy atom. The predicted octanol–water partition coefficient (Wildman–Crippen LogP) is 2.49. The summed E-state index contributed by atoms with van der Waals surface area (Å²) in [6.07, 6.45) is 2.14. The van der Waals surface area contributed by atoms with Crippen molar-refractivity contribution < 1.29 is 9.50 Å². The minimum atomic E-state index is -0.289. The van der Waals surface area contributed by atoms with E-state index in [0.717, 1.165) is 25.9 Å². The monoisotopic (exact) mass is 266 g/mol. The van der Waals surface area contributed by atoms with E-state index in [1.165, 1.54) is 18.2 Å². The zero-order chi connectivity index (χ0) is 13.8. The molecule has 0 aromatic heterocycles. The van der Waals surface area contributed by atoms with Crippen molar-refractivity contribution in [1.82, 2.24) is 10.2 Å². The first-order valence-corrected chi connectivity index (χ1v) is 7.08. The molecule has 2 unspecified atom stereocenters. The molecule has 1 saturated heterocycles. The number of phenolic OH excluding ortho intramolecular Hbond substituents is 1. The molecule has 0 saturated carbocycles. The number of hydrogen-bond donors (Lipinski definition) is 2. The lowest BCUT2D eigenvalue weighted by Gasteiger charge is -2.40. The quantitative estimate of drug-likeness (QED) is 0.879. The molecule has 0 amide bonds. The van der Waals surface area contributed by atoms with E-state index in [2.05, 4.69) is 24.1 Å². The van der Waals surface area contributed by atoms with Crippen molar-refractivity contribution in [3.05, 3.63) is 29.6 Å². The lowest BCUT2D eigenvalue weighted by atomic mass is 10.0. The molecule has 0 radical (unpaired) electrons. The maximum absolute atomic E-state index is 13.3. The first-order chi connectivity index (χ1) is 9.13. The average molecular weight is 266 g/mol. The van der Waals surface area contributed by atoms with E-state index in [1.807, 2.05) is 0 Å². The van der Waals surface area contributed by atoms with Crippen molar-refractivity contribution in [3.8, 4) is 5.75 Å². The van der Waals surface area contributed by atoms with Gasteiger partial charge in [0.2, 0.25) is 0 Å². The largest absolute Gasteiger partial charge is 0.508 e. The third-order valence-corrected chi connectivity index (χ3v) is 3.99. The topological polar surface area (TPSA) is 35.5 Å². The molecule has 0 spiro atoms. The van der Waals surface area contributed by atoms with Crippen molar-refractivity contribution in [1.29, 1.82) is 0 Å². The molecule has 1 heterocycles. The number of benzene rings is 1. The number of rotatable bonds is 4. The Balaban J connectivity index is 2.11. The van der Waals surface area contributed by atoms with Crippen LogP contribution in [0.4, 0.5) is 4.39 Å². The van der Waals surface area contributed by atoms with Crippen LogP contribution in [0.5, 0.6) is 5.75 Å². The highest BCUT2D eigenvalue weighted by atomic mass is 19.1. The molecule has 4 heteroatoms. The summed E-state index contributed by atoms with van der Waals surface area (Å²) in [5.41, 5.74) is 0.676. The smallest absolute Gasteiger partial charge is 0.123 e. The standard InChI is InChI=1S/C15H23FN2O/c1-3-13-10-18(14(4-2)8-17-13)9-11-7-12(16)5-6-15(11)19/h5-7,13-14,17,19H,3-4,8-10H2,1-2H3. The fourth-order valence-electron chi connectivity index (χ4n) is 2.70. The number of piperazine rings is 1. The Morgan fingerprint density at radius 1 is 1.37 bits per heavy atom. The van der Waals surface area contributed by atoms with E-state index < -0.39 is 0 Å². The third-order valence-electron chi connectivity index (χ3n) is 3.99. The SMILES string of the molecule is CCC1CN(Cc2cc(F)ccc2O)C(CC)CN1. The lowest BCUT2D eigenvalue weighted by Crippen LogP contribution is -2.55. The zero-order valence-electron chi connectivity index (χ0n) is 11.7. The van der Waals surface area contributed by atoms with E-state index in [1.54, 1.807) is 0 Å². The van der Waals surface area contributed by atoms with Crippen LogP contribution in [0, 0.1) is 5.82 Å². The van der Waals surface area contributed by atoms with Gasteiger partial charge in [-0.25, -0.2) is 4.39 Å². The van der Waals surface area contributed by atoms with Crippen LogP contribution in [0.1, 0.15) is 32.3 Å². The fraction of sp³-hybridized carbons (Fsp3) is 0.600. The zero-order valence-corrected chi connectivity index (χ0v) is 11.7. The van der Waals surface area contributed by atoms with Gasteiger partial charge in [0.25, 0.3) is 0 Å². The Labute approximate surface area is 114 Å². The van der Waals surface area contributed by atoms with Crippen LogP contribution in [0.2, 0.25) is 0 Å². The average Bonchev–Trinajstić information content (AvgIpc) is 2.42. The van der Waals surface area contributed by atoms with Crippen LogP contribution in [0.15, 0.2) is 18.2 Å². The highest BCUT2D eigenvalue weighted by molar-refractivity contribution is 5.32. The summed E-state index contributed by atoms with van der Waals surface area (Å²) in [6, 6.07) is 5.10. The van der Waals surface area contributed by atoms with E-state index >= 15 is 0 Å². The summed E-state index contributed by atoms with van der Waals surface area (Å²) in [5.74, 6) is -0.106. The predicted molar refractivity (Wildman–Crippen MR) is 74.6 cm³/mol. The maximum atomic E-state index is 13.3. The van der Waals surface area contributed by atoms with Crippen molar-refractivity contribution in [3.63, 3.8) is 0 Å². The Bertz CT molecular complexity index is 425. The van der Waals surface area contributed by atoms with Crippen LogP contribution >= 0.6 is 0 Å². The first-order valence-electron chi connectivity index (χ1n) is 7.08. The molecule has 2 N–H and O–H groups in total. The molecular weight excluding hydrogens is 243 g/mol. The Kier molecular flexibility index (Phi) is 4.77. The van der Waals surface area contributed by atoms with Crippen molar-refractivity contribution >= 4 is 0 Å². The van der Waals surface area contributed by atoms with Gasteiger partial charge in [-0.2, -0.15) is 0 Å². The van der Waals surface area contributed by atoms with Gasteiger partial charge in [0.15, 0.2) is 0 Å². The summed E-state index contributed by atoms with van der Waals surface area (Å²) >= 11 is 0. The number of phenols is 1. The number of aromatic hydroxyl groups is 1. The molecule has 2 atom stereocenters. The van der Waals surface area contributed by atoms with Crippen molar-refractivity contribution in [2.45, 2.75) is 45.3 Å². The second kappa shape index (κ2) is 6.35. The minimum Gasteiger partial charge on any atom is -0.508 e. The molecule has 1 aliphatic rings. The van der Waals surface area contributed by atoms with E-state index in [0.29, 0.717) is 24.2 Å². The molecule has 3 nitrogen and oxygen atoms in total. The van der Waals surface area contributed by atoms with Crippen molar-refractivity contribution in [2.75, 3.05) is 13.1 Å². The molecule has 2 rings (SSSR count). The number of nitrogens with one attached hydrogen (secondary N) is 1. The van der Waals surface area contributed by atoms with Crippen LogP contribution < -0.4 is 5.32 Å². The first kappa shape index (κ1) is 14.3. The maximum Gasteiger partial charge on any atom is 0.123 e. The van der Waals surface area contributed by atoms with E-state index in [9.17, 15) is 9.50 Å². The van der Waals surface area contributed by atoms with Gasteiger partial charge in [-0.15, -0.1) is 0 Å². The number of hydrogen-bond acceptors (Lipinski definition) is 3. The molecular formula is C15H23FN2O. The second-order valence-corrected chi connectivity index (χ2v) is 5.28. The summed E-state index contributed by atoms with van der Waals surface area (Å²) in [6.45, 7) is 6.86. The third kappa shape index (κ3) is 3.45. The molecule has 0 aliphatic carbocycles.